The largest absolute Gasteiger partial charge is 0.497 e. The molecular formula is C20H28N4O3. The molecule has 2 heterocycles. The molecule has 146 valence electrons. The third kappa shape index (κ3) is 4.60. The van der Waals surface area contributed by atoms with Gasteiger partial charge in [-0.15, -0.1) is 0 Å². The molecule has 2 aromatic rings. The molecule has 0 N–H and O–H groups in total. The van der Waals surface area contributed by atoms with E-state index >= 15 is 0 Å². The molecular weight excluding hydrogens is 344 g/mol. The fourth-order valence-corrected chi connectivity index (χ4v) is 3.40. The second-order valence-electron chi connectivity index (χ2n) is 6.63. The number of piperazine rings is 1. The molecule has 1 aromatic heterocycles. The minimum Gasteiger partial charge on any atom is -0.497 e. The molecule has 0 saturated carbocycles. The van der Waals surface area contributed by atoms with Crippen LogP contribution in [0.2, 0.25) is 0 Å². The third-order valence-corrected chi connectivity index (χ3v) is 5.03. The first-order valence-corrected chi connectivity index (χ1v) is 9.39. The van der Waals surface area contributed by atoms with Crippen molar-refractivity contribution in [2.24, 2.45) is 0 Å². The predicted octanol–water partition coefficient (Wildman–Crippen LogP) is 1.92. The summed E-state index contributed by atoms with van der Waals surface area (Å²) in [4.78, 5) is 21.5. The van der Waals surface area contributed by atoms with Crippen molar-refractivity contribution in [1.82, 2.24) is 19.4 Å². The molecule has 1 saturated heterocycles. The van der Waals surface area contributed by atoms with Crippen molar-refractivity contribution in [3.05, 3.63) is 42.0 Å². The first kappa shape index (κ1) is 19.2. The number of hydrogen-bond acceptors (Lipinski definition) is 5. The number of amides is 1. The van der Waals surface area contributed by atoms with E-state index in [0.717, 1.165) is 51.5 Å². The molecule has 1 aliphatic heterocycles. The average molecular weight is 372 g/mol. The van der Waals surface area contributed by atoms with Crippen LogP contribution >= 0.6 is 0 Å². The standard InChI is InChI=1S/C20H28N4O3/c1-4-19-21-5-6-23(19)10-7-22-8-11-24(12-9-22)20(25)16-13-17(26-2)15-18(14-16)27-3/h5-6,13-15H,4,7-12H2,1-3H3. The molecule has 3 rings (SSSR count). The maximum atomic E-state index is 12.9. The molecule has 1 fully saturated rings. The first-order chi connectivity index (χ1) is 13.1. The zero-order valence-electron chi connectivity index (χ0n) is 16.4. The molecule has 7 nitrogen and oxygen atoms in total. The van der Waals surface area contributed by atoms with Gasteiger partial charge in [0.25, 0.3) is 5.91 Å². The monoisotopic (exact) mass is 372 g/mol. The van der Waals surface area contributed by atoms with Crippen molar-refractivity contribution < 1.29 is 14.3 Å². The number of carbonyl (C=O) groups is 1. The van der Waals surface area contributed by atoms with Crippen LogP contribution in [0.1, 0.15) is 23.1 Å². The second kappa shape index (κ2) is 8.90. The summed E-state index contributed by atoms with van der Waals surface area (Å²) < 4.78 is 12.8. The number of imidazole rings is 1. The molecule has 27 heavy (non-hydrogen) atoms. The van der Waals surface area contributed by atoms with Crippen LogP contribution in [-0.4, -0.2) is 72.2 Å². The highest BCUT2D eigenvalue weighted by Gasteiger charge is 2.23. The summed E-state index contributed by atoms with van der Waals surface area (Å²) in [7, 11) is 3.18. The summed E-state index contributed by atoms with van der Waals surface area (Å²) in [6.07, 6.45) is 4.84. The van der Waals surface area contributed by atoms with E-state index in [1.807, 2.05) is 17.3 Å². The lowest BCUT2D eigenvalue weighted by molar-refractivity contribution is 0.0632. The van der Waals surface area contributed by atoms with Gasteiger partial charge in [0, 0.05) is 69.7 Å². The molecule has 1 amide bonds. The van der Waals surface area contributed by atoms with Crippen LogP contribution in [0.25, 0.3) is 0 Å². The quantitative estimate of drug-likeness (QED) is 0.743. The lowest BCUT2D eigenvalue weighted by Gasteiger charge is -2.35. The van der Waals surface area contributed by atoms with Gasteiger partial charge in [0.15, 0.2) is 0 Å². The van der Waals surface area contributed by atoms with Gasteiger partial charge in [0.05, 0.1) is 14.2 Å². The summed E-state index contributed by atoms with van der Waals surface area (Å²) >= 11 is 0. The van der Waals surface area contributed by atoms with E-state index < -0.39 is 0 Å². The Kier molecular flexibility index (Phi) is 6.34. The first-order valence-electron chi connectivity index (χ1n) is 9.39. The molecule has 7 heteroatoms. The molecule has 0 aliphatic carbocycles. The highest BCUT2D eigenvalue weighted by Crippen LogP contribution is 2.23. The smallest absolute Gasteiger partial charge is 0.254 e. The van der Waals surface area contributed by atoms with Crippen LogP contribution in [-0.2, 0) is 13.0 Å². The van der Waals surface area contributed by atoms with Crippen molar-refractivity contribution in [3.8, 4) is 11.5 Å². The lowest BCUT2D eigenvalue weighted by atomic mass is 10.1. The lowest BCUT2D eigenvalue weighted by Crippen LogP contribution is -2.49. The number of benzene rings is 1. The van der Waals surface area contributed by atoms with Crippen LogP contribution in [0.15, 0.2) is 30.6 Å². The Morgan fingerprint density at radius 1 is 1.04 bits per heavy atom. The van der Waals surface area contributed by atoms with Gasteiger partial charge >= 0.3 is 0 Å². The molecule has 1 aliphatic rings. The number of nitrogens with zero attached hydrogens (tertiary/aromatic N) is 4. The number of ether oxygens (including phenoxy) is 2. The molecule has 1 aromatic carbocycles. The second-order valence-corrected chi connectivity index (χ2v) is 6.63. The van der Waals surface area contributed by atoms with Crippen LogP contribution in [0, 0.1) is 0 Å². The topological polar surface area (TPSA) is 59.8 Å². The minimum absolute atomic E-state index is 0.0229. The van der Waals surface area contributed by atoms with Crippen molar-refractivity contribution in [3.63, 3.8) is 0 Å². The zero-order valence-corrected chi connectivity index (χ0v) is 16.4. The predicted molar refractivity (Wildman–Crippen MR) is 103 cm³/mol. The highest BCUT2D eigenvalue weighted by molar-refractivity contribution is 5.95. The summed E-state index contributed by atoms with van der Waals surface area (Å²) in [5.41, 5.74) is 0.602. The fraction of sp³-hybridized carbons (Fsp3) is 0.500. The Balaban J connectivity index is 1.55. The van der Waals surface area contributed by atoms with E-state index in [1.165, 1.54) is 0 Å². The molecule has 0 unspecified atom stereocenters. The number of methoxy groups -OCH3 is 2. The Labute approximate surface area is 160 Å². The minimum atomic E-state index is 0.0229. The van der Waals surface area contributed by atoms with E-state index in [2.05, 4.69) is 21.4 Å². The molecule has 0 spiro atoms. The van der Waals surface area contributed by atoms with Crippen LogP contribution in [0.3, 0.4) is 0 Å². The van der Waals surface area contributed by atoms with Gasteiger partial charge < -0.3 is 18.9 Å². The average Bonchev–Trinajstić information content (AvgIpc) is 3.19. The van der Waals surface area contributed by atoms with Gasteiger partial charge in [-0.05, 0) is 12.1 Å². The third-order valence-electron chi connectivity index (χ3n) is 5.03. The Morgan fingerprint density at radius 2 is 1.70 bits per heavy atom. The normalized spacial score (nSPS) is 15.0. The summed E-state index contributed by atoms with van der Waals surface area (Å²) in [5.74, 6) is 2.40. The van der Waals surface area contributed by atoms with E-state index in [4.69, 9.17) is 9.47 Å². The SMILES string of the molecule is CCc1nccn1CCN1CCN(C(=O)c2cc(OC)cc(OC)c2)CC1. The van der Waals surface area contributed by atoms with Gasteiger partial charge in [-0.3, -0.25) is 9.69 Å². The van der Waals surface area contributed by atoms with E-state index in [-0.39, 0.29) is 5.91 Å². The van der Waals surface area contributed by atoms with Crippen LogP contribution < -0.4 is 9.47 Å². The summed E-state index contributed by atoms with van der Waals surface area (Å²) in [6, 6.07) is 5.31. The van der Waals surface area contributed by atoms with E-state index in [9.17, 15) is 4.79 Å². The van der Waals surface area contributed by atoms with Gasteiger partial charge in [-0.2, -0.15) is 0 Å². The van der Waals surface area contributed by atoms with Gasteiger partial charge in [0.2, 0.25) is 0 Å². The number of aromatic nitrogens is 2. The van der Waals surface area contributed by atoms with Crippen LogP contribution in [0.4, 0.5) is 0 Å². The molecule has 0 radical (unpaired) electrons. The maximum absolute atomic E-state index is 12.9. The van der Waals surface area contributed by atoms with Crippen molar-refractivity contribution in [1.29, 1.82) is 0 Å². The van der Waals surface area contributed by atoms with E-state index in [0.29, 0.717) is 17.1 Å². The van der Waals surface area contributed by atoms with E-state index in [1.54, 1.807) is 32.4 Å². The number of aryl methyl sites for hydroxylation is 1. The Morgan fingerprint density at radius 3 is 2.30 bits per heavy atom. The highest BCUT2D eigenvalue weighted by atomic mass is 16.5. The number of carbonyl (C=O) groups excluding carboxylic acids is 1. The van der Waals surface area contributed by atoms with Gasteiger partial charge in [-0.25, -0.2) is 4.98 Å². The molecule has 0 bridgehead atoms. The number of rotatable bonds is 7. The summed E-state index contributed by atoms with van der Waals surface area (Å²) in [6.45, 7) is 7.23. The van der Waals surface area contributed by atoms with Crippen LogP contribution in [0.5, 0.6) is 11.5 Å². The zero-order chi connectivity index (χ0) is 19.2. The number of hydrogen-bond donors (Lipinski definition) is 0. The Hall–Kier alpha value is -2.54. The molecule has 0 atom stereocenters. The fourth-order valence-electron chi connectivity index (χ4n) is 3.40. The maximum Gasteiger partial charge on any atom is 0.254 e. The van der Waals surface area contributed by atoms with Gasteiger partial charge in [0.1, 0.15) is 17.3 Å². The van der Waals surface area contributed by atoms with Crippen molar-refractivity contribution >= 4 is 5.91 Å². The van der Waals surface area contributed by atoms with Gasteiger partial charge in [-0.1, -0.05) is 6.92 Å². The van der Waals surface area contributed by atoms with Crippen molar-refractivity contribution in [2.75, 3.05) is 46.9 Å². The Bertz CT molecular complexity index is 744. The summed E-state index contributed by atoms with van der Waals surface area (Å²) in [5, 5.41) is 0. The van der Waals surface area contributed by atoms with Crippen molar-refractivity contribution in [2.45, 2.75) is 19.9 Å².